The van der Waals surface area contributed by atoms with Crippen LogP contribution in [-0.4, -0.2) is 17.1 Å². The number of carbonyl (C=O) groups excluding carboxylic acids is 1. The molecule has 0 bridgehead atoms. The highest BCUT2D eigenvalue weighted by atomic mass is 19.1. The number of aliphatic carboxylic acids is 1. The first-order chi connectivity index (χ1) is 15.0. The number of carboxylic acid groups (broad SMARTS) is 1. The number of halogens is 1. The lowest BCUT2D eigenvalue weighted by Crippen LogP contribution is -2.31. The zero-order chi connectivity index (χ0) is 21.8. The highest BCUT2D eigenvalue weighted by molar-refractivity contribution is 5.99. The van der Waals surface area contributed by atoms with E-state index in [2.05, 4.69) is 22.8 Å². The molecule has 4 rings (SSSR count). The molecule has 2 aromatic carbocycles. The van der Waals surface area contributed by atoms with E-state index in [1.54, 1.807) is 0 Å². The maximum Gasteiger partial charge on any atom is 0.323 e. The first-order valence-corrected chi connectivity index (χ1v) is 11.1. The van der Waals surface area contributed by atoms with Gasteiger partial charge in [-0.3, -0.25) is 4.79 Å². The fourth-order valence-electron chi connectivity index (χ4n) is 5.39. The first kappa shape index (κ1) is 21.3. The number of benzene rings is 2. The van der Waals surface area contributed by atoms with E-state index in [-0.39, 0.29) is 11.8 Å². The van der Waals surface area contributed by atoms with Gasteiger partial charge in [0.1, 0.15) is 5.82 Å². The van der Waals surface area contributed by atoms with Crippen LogP contribution >= 0.6 is 0 Å². The zero-order valence-corrected chi connectivity index (χ0v) is 17.5. The number of carbonyl (C=O) groups is 2. The number of nitrogens with one attached hydrogen (secondary N) is 2. The number of hydrogen-bond acceptors (Lipinski definition) is 2. The van der Waals surface area contributed by atoms with Crippen molar-refractivity contribution in [2.24, 2.45) is 17.8 Å². The van der Waals surface area contributed by atoms with Crippen molar-refractivity contribution >= 4 is 23.4 Å². The smallest absolute Gasteiger partial charge is 0.323 e. The Morgan fingerprint density at radius 2 is 1.42 bits per heavy atom. The number of anilines is 2. The Hall–Kier alpha value is -2.89. The number of amides is 2. The number of fused-ring (bicyclic) bond motifs is 1. The summed E-state index contributed by atoms with van der Waals surface area (Å²) in [6.45, 7) is 0. The number of rotatable bonds is 5. The monoisotopic (exact) mass is 424 g/mol. The number of urea groups is 1. The van der Waals surface area contributed by atoms with Gasteiger partial charge < -0.3 is 15.7 Å². The molecule has 0 heterocycles. The molecular formula is C25H29FN2O3. The quantitative estimate of drug-likeness (QED) is 0.531. The molecule has 4 unspecified atom stereocenters. The number of hydrogen-bond donors (Lipinski definition) is 3. The molecule has 2 aliphatic carbocycles. The van der Waals surface area contributed by atoms with Gasteiger partial charge in [0.2, 0.25) is 0 Å². The average molecular weight is 425 g/mol. The van der Waals surface area contributed by atoms with Gasteiger partial charge in [-0.15, -0.1) is 0 Å². The van der Waals surface area contributed by atoms with E-state index in [9.17, 15) is 14.0 Å². The van der Waals surface area contributed by atoms with Crippen LogP contribution in [0.5, 0.6) is 0 Å². The summed E-state index contributed by atoms with van der Waals surface area (Å²) in [5, 5.41) is 14.6. The topological polar surface area (TPSA) is 78.4 Å². The number of carboxylic acids is 1. The third-order valence-electron chi connectivity index (χ3n) is 6.93. The van der Waals surface area contributed by atoms with Crippen LogP contribution in [0.1, 0.15) is 56.4 Å². The van der Waals surface area contributed by atoms with Crippen molar-refractivity contribution in [3.8, 4) is 0 Å². The van der Waals surface area contributed by atoms with E-state index < -0.39 is 5.97 Å². The Labute approximate surface area is 182 Å². The predicted octanol–water partition coefficient (Wildman–Crippen LogP) is 6.24. The van der Waals surface area contributed by atoms with Crippen molar-refractivity contribution in [1.29, 1.82) is 0 Å². The van der Waals surface area contributed by atoms with Crippen LogP contribution < -0.4 is 10.6 Å². The molecule has 2 amide bonds. The summed E-state index contributed by atoms with van der Waals surface area (Å²) in [5.41, 5.74) is 2.55. The third-order valence-corrected chi connectivity index (χ3v) is 6.93. The first-order valence-electron chi connectivity index (χ1n) is 11.1. The van der Waals surface area contributed by atoms with Crippen molar-refractivity contribution in [2.45, 2.75) is 50.9 Å². The summed E-state index contributed by atoms with van der Waals surface area (Å²) in [6, 6.07) is 13.3. The maximum absolute atomic E-state index is 13.0. The largest absolute Gasteiger partial charge is 0.481 e. The molecule has 31 heavy (non-hydrogen) atoms. The summed E-state index contributed by atoms with van der Waals surface area (Å²) in [4.78, 5) is 23.2. The minimum Gasteiger partial charge on any atom is -0.481 e. The molecule has 4 atom stereocenters. The minimum absolute atomic E-state index is 0.315. The zero-order valence-electron chi connectivity index (χ0n) is 17.5. The van der Waals surface area contributed by atoms with Gasteiger partial charge in [-0.25, -0.2) is 9.18 Å². The van der Waals surface area contributed by atoms with Crippen molar-refractivity contribution in [2.75, 3.05) is 10.6 Å². The molecule has 2 fully saturated rings. The van der Waals surface area contributed by atoms with Crippen molar-refractivity contribution < 1.29 is 19.1 Å². The van der Waals surface area contributed by atoms with E-state index in [4.69, 9.17) is 5.11 Å². The van der Waals surface area contributed by atoms with Crippen LogP contribution in [0.15, 0.2) is 48.5 Å². The van der Waals surface area contributed by atoms with Crippen LogP contribution in [0.4, 0.5) is 20.6 Å². The van der Waals surface area contributed by atoms with Crippen LogP contribution in [0.2, 0.25) is 0 Å². The van der Waals surface area contributed by atoms with Gasteiger partial charge >= 0.3 is 12.0 Å². The van der Waals surface area contributed by atoms with Gasteiger partial charge in [0, 0.05) is 17.8 Å². The maximum atomic E-state index is 13.0. The fraction of sp³-hybridized carbons (Fsp3) is 0.440. The van der Waals surface area contributed by atoms with Gasteiger partial charge in [0.05, 0.1) is 0 Å². The minimum atomic E-state index is -0.669. The molecule has 2 saturated carbocycles. The van der Waals surface area contributed by atoms with Crippen molar-refractivity contribution in [3.63, 3.8) is 0 Å². The van der Waals surface area contributed by atoms with Crippen molar-refractivity contribution in [1.82, 2.24) is 0 Å². The molecular weight excluding hydrogens is 395 g/mol. The Morgan fingerprint density at radius 3 is 2.06 bits per heavy atom. The lowest BCUT2D eigenvalue weighted by molar-refractivity contribution is -0.138. The van der Waals surface area contributed by atoms with Gasteiger partial charge in [-0.1, -0.05) is 12.1 Å². The van der Waals surface area contributed by atoms with Gasteiger partial charge in [0.25, 0.3) is 0 Å². The summed E-state index contributed by atoms with van der Waals surface area (Å²) in [5.74, 6) is 1.23. The molecule has 164 valence electrons. The molecule has 5 nitrogen and oxygen atoms in total. The van der Waals surface area contributed by atoms with E-state index in [0.717, 1.165) is 25.7 Å². The molecule has 0 saturated heterocycles. The lowest BCUT2D eigenvalue weighted by atomic mass is 9.63. The Morgan fingerprint density at radius 1 is 0.839 bits per heavy atom. The van der Waals surface area contributed by atoms with Crippen LogP contribution in [0.25, 0.3) is 0 Å². The fourth-order valence-corrected chi connectivity index (χ4v) is 5.39. The SMILES string of the molecule is O=C(O)CC1CCC2CC(c3ccc(NC(=O)Nc4ccc(F)cc4)cc3)CCC2C1. The highest BCUT2D eigenvalue weighted by Crippen LogP contribution is 2.48. The second-order valence-corrected chi connectivity index (χ2v) is 9.02. The van der Waals surface area contributed by atoms with Crippen LogP contribution in [-0.2, 0) is 4.79 Å². The third kappa shape index (κ3) is 5.63. The average Bonchev–Trinajstić information content (AvgIpc) is 2.75. The Balaban J connectivity index is 1.29. The predicted molar refractivity (Wildman–Crippen MR) is 119 cm³/mol. The van der Waals surface area contributed by atoms with Crippen LogP contribution in [0.3, 0.4) is 0 Å². The summed E-state index contributed by atoms with van der Waals surface area (Å²) in [6.07, 6.45) is 7.03. The van der Waals surface area contributed by atoms with E-state index in [1.165, 1.54) is 42.7 Å². The molecule has 0 aliphatic heterocycles. The molecule has 0 radical (unpaired) electrons. The Bertz CT molecular complexity index is 913. The summed E-state index contributed by atoms with van der Waals surface area (Å²) < 4.78 is 13.0. The van der Waals surface area contributed by atoms with Crippen LogP contribution in [0, 0.1) is 23.6 Å². The Kier molecular flexibility index (Phi) is 6.54. The van der Waals surface area contributed by atoms with Gasteiger partial charge in [-0.05, 0) is 104 Å². The molecule has 0 spiro atoms. The van der Waals surface area contributed by atoms with Crippen molar-refractivity contribution in [3.05, 3.63) is 59.9 Å². The van der Waals surface area contributed by atoms with E-state index in [1.807, 2.05) is 12.1 Å². The molecule has 6 heteroatoms. The van der Waals surface area contributed by atoms with E-state index >= 15 is 0 Å². The van der Waals surface area contributed by atoms with E-state index in [0.29, 0.717) is 41.5 Å². The molecule has 2 aliphatic rings. The second-order valence-electron chi connectivity index (χ2n) is 9.02. The summed E-state index contributed by atoms with van der Waals surface area (Å²) >= 11 is 0. The molecule has 2 aromatic rings. The standard InChI is InChI=1S/C25H29FN2O3/c26-21-7-11-23(12-8-21)28-25(31)27-22-9-5-17(6-10-22)19-4-3-18-13-16(14-24(29)30)1-2-20(18)15-19/h5-12,16,18-20H,1-4,13-15H2,(H,29,30)(H2,27,28,31). The highest BCUT2D eigenvalue weighted by Gasteiger charge is 2.36. The molecule has 0 aromatic heterocycles. The van der Waals surface area contributed by atoms with Gasteiger partial charge in [0.15, 0.2) is 0 Å². The lowest BCUT2D eigenvalue weighted by Gasteiger charge is -2.42. The second kappa shape index (κ2) is 9.50. The van der Waals surface area contributed by atoms with Gasteiger partial charge in [-0.2, -0.15) is 0 Å². The summed E-state index contributed by atoms with van der Waals surface area (Å²) in [7, 11) is 0. The normalized spacial score (nSPS) is 25.3. The molecule has 3 N–H and O–H groups in total.